The summed E-state index contributed by atoms with van der Waals surface area (Å²) >= 11 is 0. The molecule has 0 bridgehead atoms. The summed E-state index contributed by atoms with van der Waals surface area (Å²) < 4.78 is 70.8. The molecule has 8 nitrogen and oxygen atoms in total. The predicted octanol–water partition coefficient (Wildman–Crippen LogP) is 5.01. The lowest BCUT2D eigenvalue weighted by Crippen LogP contribution is -2.46. The van der Waals surface area contributed by atoms with Crippen LogP contribution >= 0.6 is 0 Å². The molecule has 2 heterocycles. The van der Waals surface area contributed by atoms with Crippen LogP contribution in [0.5, 0.6) is 0 Å². The summed E-state index contributed by atoms with van der Waals surface area (Å²) in [6.45, 7) is 1.82. The van der Waals surface area contributed by atoms with Gasteiger partial charge in [-0.1, -0.05) is 12.1 Å². The van der Waals surface area contributed by atoms with E-state index in [4.69, 9.17) is 0 Å². The van der Waals surface area contributed by atoms with Crippen LogP contribution in [0.2, 0.25) is 0 Å². The highest BCUT2D eigenvalue weighted by atomic mass is 32.2. The van der Waals surface area contributed by atoms with Crippen molar-refractivity contribution in [1.82, 2.24) is 15.2 Å². The molecular weight excluding hydrogens is 553 g/mol. The topological polar surface area (TPSA) is 98.7 Å². The van der Waals surface area contributed by atoms with Crippen molar-refractivity contribution in [3.63, 3.8) is 0 Å². The van der Waals surface area contributed by atoms with Crippen LogP contribution in [0.4, 0.5) is 24.5 Å². The van der Waals surface area contributed by atoms with Crippen molar-refractivity contribution in [3.05, 3.63) is 76.7 Å². The molecule has 1 saturated carbocycles. The summed E-state index contributed by atoms with van der Waals surface area (Å²) in [7, 11) is 0.210. The van der Waals surface area contributed by atoms with Gasteiger partial charge in [-0.05, 0) is 88.2 Å². The molecule has 1 aliphatic carbocycles. The number of nitrogens with zero attached hydrogens (tertiary/aromatic N) is 3. The van der Waals surface area contributed by atoms with E-state index in [1.807, 2.05) is 6.92 Å². The van der Waals surface area contributed by atoms with Crippen LogP contribution in [0.15, 0.2) is 47.5 Å². The van der Waals surface area contributed by atoms with Crippen LogP contribution in [0.3, 0.4) is 0 Å². The molecule has 0 saturated heterocycles. The third-order valence-corrected chi connectivity index (χ3v) is 8.79. The van der Waals surface area contributed by atoms with Gasteiger partial charge in [0.2, 0.25) is 10.0 Å². The lowest BCUT2D eigenvalue weighted by atomic mass is 9.90. The van der Waals surface area contributed by atoms with E-state index in [2.05, 4.69) is 44.3 Å². The quantitative estimate of drug-likeness (QED) is 0.344. The Balaban J connectivity index is 1.29. The molecule has 2 aromatic carbocycles. The lowest BCUT2D eigenvalue weighted by molar-refractivity contribution is 0.200. The minimum atomic E-state index is -4.01. The van der Waals surface area contributed by atoms with Gasteiger partial charge in [-0.2, -0.15) is 0 Å². The molecule has 1 aliphatic heterocycles. The first-order chi connectivity index (χ1) is 19.5. The second-order valence-electron chi connectivity index (χ2n) is 10.8. The smallest absolute Gasteiger partial charge is 0.236 e. The number of benzene rings is 2. The summed E-state index contributed by atoms with van der Waals surface area (Å²) in [6.07, 6.45) is 5.61. The Kier molecular flexibility index (Phi) is 8.35. The molecule has 1 unspecified atom stereocenters. The van der Waals surface area contributed by atoms with Crippen molar-refractivity contribution < 1.29 is 21.6 Å². The van der Waals surface area contributed by atoms with E-state index < -0.39 is 33.2 Å². The Morgan fingerprint density at radius 2 is 1.66 bits per heavy atom. The number of hydrogen-bond donors (Lipinski definition) is 3. The highest BCUT2D eigenvalue weighted by Crippen LogP contribution is 2.33. The second kappa shape index (κ2) is 11.8. The molecule has 0 amide bonds. The number of fused-ring (bicyclic) bond motifs is 1. The fourth-order valence-corrected chi connectivity index (χ4v) is 6.57. The molecule has 3 N–H and O–H groups in total. The maximum Gasteiger partial charge on any atom is 0.236 e. The molecule has 1 atom stereocenters. The maximum absolute atomic E-state index is 15.2. The molecule has 218 valence electrons. The Hall–Kier alpha value is -3.48. The fourth-order valence-electron chi connectivity index (χ4n) is 5.38. The highest BCUT2D eigenvalue weighted by molar-refractivity contribution is 7.91. The Morgan fingerprint density at radius 3 is 2.29 bits per heavy atom. The number of halogens is 3. The summed E-state index contributed by atoms with van der Waals surface area (Å²) in [4.78, 5) is 11.2. The zero-order chi connectivity index (χ0) is 29.3. The Labute approximate surface area is 238 Å². The number of aryl methyl sites for hydroxylation is 1. The van der Waals surface area contributed by atoms with E-state index in [-0.39, 0.29) is 23.2 Å². The van der Waals surface area contributed by atoms with Crippen LogP contribution in [-0.4, -0.2) is 57.0 Å². The summed E-state index contributed by atoms with van der Waals surface area (Å²) in [5.41, 5.74) is 1.68. The highest BCUT2D eigenvalue weighted by Gasteiger charge is 2.26. The first-order valence-corrected chi connectivity index (χ1v) is 15.1. The van der Waals surface area contributed by atoms with Gasteiger partial charge in [-0.25, -0.2) is 26.6 Å². The summed E-state index contributed by atoms with van der Waals surface area (Å²) in [5.74, 6) is -2.92. The fraction of sp³-hybridized carbons (Fsp3) is 0.379. The van der Waals surface area contributed by atoms with Crippen molar-refractivity contribution in [2.24, 2.45) is 4.99 Å². The van der Waals surface area contributed by atoms with E-state index in [0.717, 1.165) is 61.2 Å². The Bertz CT molecular complexity index is 1530. The zero-order valence-corrected chi connectivity index (χ0v) is 23.9. The van der Waals surface area contributed by atoms with Crippen molar-refractivity contribution in [2.75, 3.05) is 24.1 Å². The van der Waals surface area contributed by atoms with Crippen LogP contribution in [-0.2, 0) is 15.8 Å². The normalized spacial score (nSPS) is 20.5. The standard InChI is InChI=1S/C29H33F3N6O2S/c1-17-12-25(35-26-15-33-29(36-28(17)26)34-20-8-10-22(11-9-20)38(2)3)27-23(31)13-21(14-24(27)32)37-41(39,40)16-18-4-6-19(30)7-5-18/h4-7,12-15,20,22,29,34,36-37H,8-11,16H2,1-3H3. The third-order valence-electron chi connectivity index (χ3n) is 7.53. The van der Waals surface area contributed by atoms with E-state index in [1.54, 1.807) is 12.3 Å². The van der Waals surface area contributed by atoms with Gasteiger partial charge in [0.15, 0.2) is 6.29 Å². The van der Waals surface area contributed by atoms with Crippen molar-refractivity contribution in [3.8, 4) is 11.3 Å². The lowest BCUT2D eigenvalue weighted by Gasteiger charge is -2.35. The Morgan fingerprint density at radius 1 is 1.00 bits per heavy atom. The van der Waals surface area contributed by atoms with Gasteiger partial charge in [0.05, 0.1) is 34.6 Å². The van der Waals surface area contributed by atoms with Crippen molar-refractivity contribution in [2.45, 2.75) is 56.7 Å². The number of anilines is 2. The molecule has 1 aromatic heterocycles. The number of nitrogens with one attached hydrogen (secondary N) is 3. The van der Waals surface area contributed by atoms with E-state index in [1.165, 1.54) is 12.1 Å². The van der Waals surface area contributed by atoms with Gasteiger partial charge in [-0.3, -0.25) is 15.0 Å². The first-order valence-electron chi connectivity index (χ1n) is 13.5. The summed E-state index contributed by atoms with van der Waals surface area (Å²) in [5, 5.41) is 6.89. The molecule has 0 spiro atoms. The van der Waals surface area contributed by atoms with Crippen molar-refractivity contribution in [1.29, 1.82) is 0 Å². The van der Waals surface area contributed by atoms with E-state index >= 15 is 8.78 Å². The molecule has 5 rings (SSSR count). The second-order valence-corrected chi connectivity index (χ2v) is 12.6. The number of aromatic nitrogens is 1. The molecule has 2 aliphatic rings. The number of rotatable bonds is 8. The predicted molar refractivity (Wildman–Crippen MR) is 155 cm³/mol. The number of aliphatic imine (C=N–C) groups is 1. The molecule has 0 radical (unpaired) electrons. The molecular formula is C29H33F3N6O2S. The van der Waals surface area contributed by atoms with Crippen molar-refractivity contribution >= 4 is 27.6 Å². The van der Waals surface area contributed by atoms with Gasteiger partial charge in [0, 0.05) is 12.1 Å². The van der Waals surface area contributed by atoms with E-state index in [9.17, 15) is 12.8 Å². The van der Waals surface area contributed by atoms with E-state index in [0.29, 0.717) is 23.3 Å². The van der Waals surface area contributed by atoms with Crippen LogP contribution in [0.1, 0.15) is 42.5 Å². The van der Waals surface area contributed by atoms with Crippen LogP contribution in [0.25, 0.3) is 11.3 Å². The average Bonchev–Trinajstić information content (AvgIpc) is 2.90. The average molecular weight is 587 g/mol. The minimum absolute atomic E-state index is 0.0682. The third kappa shape index (κ3) is 6.88. The molecule has 12 heteroatoms. The summed E-state index contributed by atoms with van der Waals surface area (Å²) in [6, 6.07) is 9.28. The number of sulfonamides is 1. The minimum Gasteiger partial charge on any atom is -0.350 e. The zero-order valence-electron chi connectivity index (χ0n) is 23.1. The monoisotopic (exact) mass is 586 g/mol. The maximum atomic E-state index is 15.2. The molecule has 1 fully saturated rings. The van der Waals surface area contributed by atoms with Gasteiger partial charge in [-0.15, -0.1) is 0 Å². The first kappa shape index (κ1) is 29.0. The van der Waals surface area contributed by atoms with Gasteiger partial charge in [0.25, 0.3) is 0 Å². The molecule has 3 aromatic rings. The number of pyridine rings is 1. The van der Waals surface area contributed by atoms with Gasteiger partial charge < -0.3 is 10.2 Å². The largest absolute Gasteiger partial charge is 0.350 e. The SMILES string of the molecule is Cc1cc(-c2c(F)cc(NS(=O)(=O)Cc3ccc(F)cc3)cc2F)nc2c1NC(NC1CCC(N(C)C)CC1)N=C2. The van der Waals surface area contributed by atoms with Gasteiger partial charge >= 0.3 is 0 Å². The van der Waals surface area contributed by atoms with Crippen LogP contribution < -0.4 is 15.4 Å². The van der Waals surface area contributed by atoms with Gasteiger partial charge in [0.1, 0.15) is 23.1 Å². The molecule has 41 heavy (non-hydrogen) atoms. The number of hydrogen-bond acceptors (Lipinski definition) is 7. The van der Waals surface area contributed by atoms with Crippen LogP contribution in [0, 0.1) is 24.4 Å².